The van der Waals surface area contributed by atoms with Crippen LogP contribution in [0.4, 0.5) is 0 Å². The van der Waals surface area contributed by atoms with Crippen LogP contribution in [0.1, 0.15) is 258 Å². The van der Waals surface area contributed by atoms with Gasteiger partial charge in [0.15, 0.2) is 6.10 Å². The molecule has 0 saturated carbocycles. The highest BCUT2D eigenvalue weighted by Gasteiger charge is 2.16. The third-order valence-corrected chi connectivity index (χ3v) is 12.3. The standard InChI is InChI=1S/C65H108O5/c1-3-5-7-9-11-13-15-17-19-21-22-23-24-25-26-27-28-29-30-31-32-33-34-35-36-37-38-39-40-41-42-44-46-48-50-52-54-56-58-60-65(68)70-63(61-66)62-69-64(67)59-57-55-53-51-49-47-45-43-20-18-16-14-12-10-8-6-4-2/h5-8,11-14,17-20,22-23,25-26,28-29,45,47,63,66H,3-4,9-10,15-16,21,24,27,30-44,46,48-62H2,1-2H3/b7-5-,8-6-,13-11-,14-12-,19-17-,20-18-,23-22-,26-25-,29-28-,47-45-. The number of ether oxygens (including phenoxy) is 2. The van der Waals surface area contributed by atoms with Gasteiger partial charge in [-0.2, -0.15) is 0 Å². The van der Waals surface area contributed by atoms with Crippen molar-refractivity contribution in [2.45, 2.75) is 264 Å². The average Bonchev–Trinajstić information content (AvgIpc) is 3.36. The molecule has 70 heavy (non-hydrogen) atoms. The van der Waals surface area contributed by atoms with E-state index in [1.54, 1.807) is 0 Å². The molecule has 1 unspecified atom stereocenters. The van der Waals surface area contributed by atoms with Gasteiger partial charge in [-0.05, 0) is 103 Å². The second kappa shape index (κ2) is 59.6. The minimum Gasteiger partial charge on any atom is -0.462 e. The quantitative estimate of drug-likeness (QED) is 0.0374. The topological polar surface area (TPSA) is 72.8 Å². The van der Waals surface area contributed by atoms with E-state index < -0.39 is 6.10 Å². The van der Waals surface area contributed by atoms with Gasteiger partial charge in [0.05, 0.1) is 6.61 Å². The maximum Gasteiger partial charge on any atom is 0.306 e. The van der Waals surface area contributed by atoms with E-state index >= 15 is 0 Å². The Morgan fingerprint density at radius 3 is 0.857 bits per heavy atom. The van der Waals surface area contributed by atoms with Crippen molar-refractivity contribution < 1.29 is 24.2 Å². The van der Waals surface area contributed by atoms with Gasteiger partial charge >= 0.3 is 11.9 Å². The van der Waals surface area contributed by atoms with Crippen molar-refractivity contribution in [3.8, 4) is 0 Å². The molecule has 1 N–H and O–H groups in total. The van der Waals surface area contributed by atoms with E-state index in [1.165, 1.54) is 116 Å². The summed E-state index contributed by atoms with van der Waals surface area (Å²) in [7, 11) is 0. The Balaban J connectivity index is 3.48. The lowest BCUT2D eigenvalue weighted by Gasteiger charge is -2.15. The molecule has 0 bridgehead atoms. The SMILES string of the molecule is CC/C=C\C/C=C\C/C=C\C/C=C\C/C=C\C/C=C\CCCCCCCCCCCCCCCCCCCCCCC(=O)OC(CO)COC(=O)CCCCCC/C=C\C/C=C\C/C=C\C/C=C\CC. The molecule has 0 aliphatic rings. The Bertz CT molecular complexity index is 1420. The molecule has 0 radical (unpaired) electrons. The molecule has 0 aromatic heterocycles. The zero-order valence-corrected chi connectivity index (χ0v) is 45.5. The van der Waals surface area contributed by atoms with Crippen LogP contribution in [-0.4, -0.2) is 36.4 Å². The molecule has 0 aliphatic carbocycles. The molecule has 0 spiro atoms. The molecule has 0 aromatic carbocycles. The first-order valence-corrected chi connectivity index (χ1v) is 29.1. The molecular formula is C65H108O5. The van der Waals surface area contributed by atoms with Crippen molar-refractivity contribution in [1.82, 2.24) is 0 Å². The molecule has 0 aliphatic heterocycles. The number of allylic oxidation sites excluding steroid dienone is 20. The molecular weight excluding hydrogens is 861 g/mol. The number of carbonyl (C=O) groups excluding carboxylic acids is 2. The Morgan fingerprint density at radius 2 is 0.571 bits per heavy atom. The molecule has 5 heteroatoms. The van der Waals surface area contributed by atoms with Gasteiger partial charge in [0.25, 0.3) is 0 Å². The molecule has 0 rings (SSSR count). The third kappa shape index (κ3) is 56.9. The molecule has 0 amide bonds. The zero-order chi connectivity index (χ0) is 50.6. The van der Waals surface area contributed by atoms with Crippen molar-refractivity contribution in [3.63, 3.8) is 0 Å². The van der Waals surface area contributed by atoms with Gasteiger partial charge in [-0.15, -0.1) is 0 Å². The van der Waals surface area contributed by atoms with E-state index in [4.69, 9.17) is 9.47 Å². The maximum absolute atomic E-state index is 12.3. The summed E-state index contributed by atoms with van der Waals surface area (Å²) in [5.41, 5.74) is 0. The fraction of sp³-hybridized carbons (Fsp3) is 0.662. The van der Waals surface area contributed by atoms with Crippen LogP contribution in [0, 0.1) is 0 Å². The summed E-state index contributed by atoms with van der Waals surface area (Å²) in [6.45, 7) is 3.90. The van der Waals surface area contributed by atoms with Crippen LogP contribution in [0.15, 0.2) is 122 Å². The Labute approximate surface area is 433 Å². The highest BCUT2D eigenvalue weighted by Crippen LogP contribution is 2.16. The van der Waals surface area contributed by atoms with Gasteiger partial charge in [-0.3, -0.25) is 9.59 Å². The van der Waals surface area contributed by atoms with Crippen LogP contribution in [0.25, 0.3) is 0 Å². The number of carbonyl (C=O) groups is 2. The number of hydrogen-bond acceptors (Lipinski definition) is 5. The van der Waals surface area contributed by atoms with Crippen molar-refractivity contribution in [2.75, 3.05) is 13.2 Å². The van der Waals surface area contributed by atoms with Gasteiger partial charge in [-0.25, -0.2) is 0 Å². The summed E-state index contributed by atoms with van der Waals surface area (Å²) in [6, 6.07) is 0. The molecule has 1 atom stereocenters. The van der Waals surface area contributed by atoms with E-state index in [9.17, 15) is 14.7 Å². The number of aliphatic hydroxyl groups is 1. The number of unbranched alkanes of at least 4 members (excludes halogenated alkanes) is 24. The van der Waals surface area contributed by atoms with E-state index in [0.29, 0.717) is 12.8 Å². The Kier molecular flexibility index (Phi) is 56.5. The fourth-order valence-corrected chi connectivity index (χ4v) is 7.96. The number of esters is 2. The van der Waals surface area contributed by atoms with Gasteiger partial charge < -0.3 is 14.6 Å². The minimum atomic E-state index is -0.788. The lowest BCUT2D eigenvalue weighted by molar-refractivity contribution is -0.161. The largest absolute Gasteiger partial charge is 0.462 e. The number of rotatable bonds is 52. The summed E-state index contributed by atoms with van der Waals surface area (Å²) >= 11 is 0. The first kappa shape index (κ1) is 66.3. The molecule has 0 aromatic rings. The number of hydrogen-bond donors (Lipinski definition) is 1. The molecule has 0 heterocycles. The van der Waals surface area contributed by atoms with E-state index in [2.05, 4.69) is 135 Å². The van der Waals surface area contributed by atoms with Crippen molar-refractivity contribution >= 4 is 11.9 Å². The Hall–Kier alpha value is -3.70. The molecule has 0 saturated heterocycles. The van der Waals surface area contributed by atoms with Crippen LogP contribution in [0.2, 0.25) is 0 Å². The highest BCUT2D eigenvalue weighted by atomic mass is 16.6. The molecule has 0 fully saturated rings. The Morgan fingerprint density at radius 1 is 0.329 bits per heavy atom. The first-order valence-electron chi connectivity index (χ1n) is 29.1. The van der Waals surface area contributed by atoms with Crippen LogP contribution in [0.3, 0.4) is 0 Å². The lowest BCUT2D eigenvalue weighted by Crippen LogP contribution is -2.28. The molecule has 398 valence electrons. The normalized spacial score (nSPS) is 13.1. The summed E-state index contributed by atoms with van der Waals surface area (Å²) in [6.07, 6.45) is 87.6. The highest BCUT2D eigenvalue weighted by molar-refractivity contribution is 5.70. The fourth-order valence-electron chi connectivity index (χ4n) is 7.96. The van der Waals surface area contributed by atoms with Crippen LogP contribution in [-0.2, 0) is 19.1 Å². The predicted octanol–water partition coefficient (Wildman–Crippen LogP) is 19.9. The minimum absolute atomic E-state index is 0.0820. The van der Waals surface area contributed by atoms with Crippen molar-refractivity contribution in [3.05, 3.63) is 122 Å². The summed E-state index contributed by atoms with van der Waals surface area (Å²) < 4.78 is 10.7. The summed E-state index contributed by atoms with van der Waals surface area (Å²) in [5.74, 6) is -0.617. The van der Waals surface area contributed by atoms with Gasteiger partial charge in [0.1, 0.15) is 6.61 Å². The van der Waals surface area contributed by atoms with E-state index in [-0.39, 0.29) is 25.2 Å². The van der Waals surface area contributed by atoms with E-state index in [1.807, 2.05) is 0 Å². The predicted molar refractivity (Wildman–Crippen MR) is 306 cm³/mol. The van der Waals surface area contributed by atoms with Crippen LogP contribution < -0.4 is 0 Å². The maximum atomic E-state index is 12.3. The van der Waals surface area contributed by atoms with Crippen LogP contribution in [0.5, 0.6) is 0 Å². The second-order valence-electron chi connectivity index (χ2n) is 19.0. The van der Waals surface area contributed by atoms with Crippen LogP contribution >= 0.6 is 0 Å². The number of aliphatic hydroxyl groups excluding tert-OH is 1. The van der Waals surface area contributed by atoms with Crippen molar-refractivity contribution in [2.24, 2.45) is 0 Å². The first-order chi connectivity index (χ1) is 34.6. The van der Waals surface area contributed by atoms with Gasteiger partial charge in [0, 0.05) is 12.8 Å². The monoisotopic (exact) mass is 969 g/mol. The lowest BCUT2D eigenvalue weighted by atomic mass is 10.0. The van der Waals surface area contributed by atoms with Gasteiger partial charge in [-0.1, -0.05) is 264 Å². The van der Waals surface area contributed by atoms with E-state index in [0.717, 1.165) is 116 Å². The smallest absolute Gasteiger partial charge is 0.306 e. The second-order valence-corrected chi connectivity index (χ2v) is 19.0. The molecule has 5 nitrogen and oxygen atoms in total. The average molecular weight is 970 g/mol. The third-order valence-electron chi connectivity index (χ3n) is 12.3. The zero-order valence-electron chi connectivity index (χ0n) is 45.5. The van der Waals surface area contributed by atoms with Crippen molar-refractivity contribution in [1.29, 1.82) is 0 Å². The summed E-state index contributed by atoms with van der Waals surface area (Å²) in [5, 5.41) is 9.64. The summed E-state index contributed by atoms with van der Waals surface area (Å²) in [4.78, 5) is 24.5. The van der Waals surface area contributed by atoms with Gasteiger partial charge in [0.2, 0.25) is 0 Å².